The predicted molar refractivity (Wildman–Crippen MR) is 49.5 cm³/mol. The van der Waals surface area contributed by atoms with Gasteiger partial charge in [-0.15, -0.1) is 0 Å². The average molecular weight is 180 g/mol. The maximum absolute atomic E-state index is 10.6. The van der Waals surface area contributed by atoms with E-state index in [4.69, 9.17) is 4.74 Å². The van der Waals surface area contributed by atoms with Crippen LogP contribution < -0.4 is 4.74 Å². The Morgan fingerprint density at radius 1 is 1.46 bits per heavy atom. The second-order valence-electron chi connectivity index (χ2n) is 2.91. The van der Waals surface area contributed by atoms with Gasteiger partial charge in [-0.1, -0.05) is 0 Å². The van der Waals surface area contributed by atoms with Gasteiger partial charge in [-0.05, 0) is 25.5 Å². The number of ether oxygens (including phenoxy) is 1. The highest BCUT2D eigenvalue weighted by atomic mass is 16.5. The summed E-state index contributed by atoms with van der Waals surface area (Å²) in [7, 11) is 1.49. The number of benzene rings is 1. The monoisotopic (exact) mass is 180 g/mol. The molecule has 0 saturated heterocycles. The first-order valence-corrected chi connectivity index (χ1v) is 3.94. The van der Waals surface area contributed by atoms with Crippen molar-refractivity contribution in [1.29, 1.82) is 0 Å². The molecule has 1 aromatic carbocycles. The Labute approximate surface area is 77.0 Å². The van der Waals surface area contributed by atoms with E-state index in [1.165, 1.54) is 7.11 Å². The van der Waals surface area contributed by atoms with Crippen LogP contribution in [-0.4, -0.2) is 18.5 Å². The maximum Gasteiger partial charge on any atom is 0.163 e. The molecule has 13 heavy (non-hydrogen) atoms. The van der Waals surface area contributed by atoms with Crippen LogP contribution in [0.1, 0.15) is 21.5 Å². The Balaban J connectivity index is 3.45. The van der Waals surface area contributed by atoms with E-state index in [1.807, 2.05) is 0 Å². The number of hydrogen-bond donors (Lipinski definition) is 1. The molecule has 0 aromatic heterocycles. The third-order valence-corrected chi connectivity index (χ3v) is 2.06. The number of carbonyl (C=O) groups is 1. The van der Waals surface area contributed by atoms with E-state index in [9.17, 15) is 9.90 Å². The van der Waals surface area contributed by atoms with Gasteiger partial charge in [-0.3, -0.25) is 4.79 Å². The van der Waals surface area contributed by atoms with Crippen molar-refractivity contribution in [2.75, 3.05) is 7.11 Å². The molecule has 0 unspecified atom stereocenters. The van der Waals surface area contributed by atoms with Gasteiger partial charge in [0.1, 0.15) is 6.29 Å². The number of rotatable bonds is 2. The van der Waals surface area contributed by atoms with Crippen molar-refractivity contribution in [1.82, 2.24) is 0 Å². The third-order valence-electron chi connectivity index (χ3n) is 2.06. The van der Waals surface area contributed by atoms with Crippen molar-refractivity contribution in [3.63, 3.8) is 0 Å². The molecule has 0 bridgehead atoms. The molecule has 0 fully saturated rings. The minimum atomic E-state index is 0.0459. The van der Waals surface area contributed by atoms with Gasteiger partial charge in [0.05, 0.1) is 7.11 Å². The molecule has 0 aliphatic heterocycles. The second-order valence-corrected chi connectivity index (χ2v) is 2.91. The van der Waals surface area contributed by atoms with Crippen LogP contribution in [0.25, 0.3) is 0 Å². The zero-order chi connectivity index (χ0) is 10.0. The molecule has 0 radical (unpaired) electrons. The molecule has 1 N–H and O–H groups in total. The summed E-state index contributed by atoms with van der Waals surface area (Å²) in [6, 6.07) is 1.70. The van der Waals surface area contributed by atoms with Gasteiger partial charge < -0.3 is 9.84 Å². The zero-order valence-corrected chi connectivity index (χ0v) is 7.92. The van der Waals surface area contributed by atoms with Gasteiger partial charge in [0.15, 0.2) is 11.5 Å². The van der Waals surface area contributed by atoms with Crippen molar-refractivity contribution >= 4 is 6.29 Å². The molecular formula is C10H12O3. The summed E-state index contributed by atoms with van der Waals surface area (Å²) in [6.45, 7) is 3.46. The maximum atomic E-state index is 10.6. The van der Waals surface area contributed by atoms with Crippen LogP contribution in [0.3, 0.4) is 0 Å². The summed E-state index contributed by atoms with van der Waals surface area (Å²) in [4.78, 5) is 10.6. The number of aldehydes is 1. The smallest absolute Gasteiger partial charge is 0.163 e. The Hall–Kier alpha value is -1.51. The number of aromatic hydroxyl groups is 1. The van der Waals surface area contributed by atoms with Crippen molar-refractivity contribution in [2.24, 2.45) is 0 Å². The SMILES string of the molecule is COc1c(C)cc(C=O)c(C)c1O. The van der Waals surface area contributed by atoms with E-state index in [0.717, 1.165) is 11.8 Å². The van der Waals surface area contributed by atoms with Crippen LogP contribution in [0.2, 0.25) is 0 Å². The van der Waals surface area contributed by atoms with Crippen molar-refractivity contribution in [2.45, 2.75) is 13.8 Å². The Kier molecular flexibility index (Phi) is 2.56. The van der Waals surface area contributed by atoms with Gasteiger partial charge in [0, 0.05) is 11.1 Å². The van der Waals surface area contributed by atoms with E-state index >= 15 is 0 Å². The topological polar surface area (TPSA) is 46.5 Å². The average Bonchev–Trinajstić information content (AvgIpc) is 2.12. The Bertz CT molecular complexity index is 343. The first kappa shape index (κ1) is 9.58. The van der Waals surface area contributed by atoms with Gasteiger partial charge in [0.2, 0.25) is 0 Å². The number of carbonyl (C=O) groups excluding carboxylic acids is 1. The summed E-state index contributed by atoms with van der Waals surface area (Å²) >= 11 is 0. The molecule has 0 heterocycles. The summed E-state index contributed by atoms with van der Waals surface area (Å²) in [5.74, 6) is 0.479. The Morgan fingerprint density at radius 2 is 2.08 bits per heavy atom. The van der Waals surface area contributed by atoms with Gasteiger partial charge in [0.25, 0.3) is 0 Å². The molecule has 0 amide bonds. The predicted octanol–water partition coefficient (Wildman–Crippen LogP) is 1.83. The van der Waals surface area contributed by atoms with Crippen LogP contribution >= 0.6 is 0 Å². The molecular weight excluding hydrogens is 168 g/mol. The Morgan fingerprint density at radius 3 is 2.54 bits per heavy atom. The van der Waals surface area contributed by atoms with Crippen molar-refractivity contribution < 1.29 is 14.6 Å². The summed E-state index contributed by atoms with van der Waals surface area (Å²) in [6.07, 6.45) is 0.724. The molecule has 0 aliphatic rings. The fourth-order valence-corrected chi connectivity index (χ4v) is 1.28. The standard InChI is InChI=1S/C10H12O3/c1-6-4-8(5-11)7(2)9(12)10(6)13-3/h4-5,12H,1-3H3. The summed E-state index contributed by atoms with van der Waals surface area (Å²) < 4.78 is 4.99. The van der Waals surface area contributed by atoms with Crippen LogP contribution in [0.15, 0.2) is 6.07 Å². The number of phenols is 1. The molecule has 0 atom stereocenters. The molecule has 0 saturated carbocycles. The zero-order valence-electron chi connectivity index (χ0n) is 7.92. The fourth-order valence-electron chi connectivity index (χ4n) is 1.28. The normalized spacial score (nSPS) is 9.77. The lowest BCUT2D eigenvalue weighted by atomic mass is 10.0. The molecule has 0 spiro atoms. The van der Waals surface area contributed by atoms with Crippen LogP contribution in [0, 0.1) is 13.8 Å². The number of methoxy groups -OCH3 is 1. The quantitative estimate of drug-likeness (QED) is 0.706. The van der Waals surface area contributed by atoms with E-state index in [2.05, 4.69) is 0 Å². The first-order chi connectivity index (χ1) is 6.11. The lowest BCUT2D eigenvalue weighted by Gasteiger charge is -2.10. The first-order valence-electron chi connectivity index (χ1n) is 3.94. The van der Waals surface area contributed by atoms with E-state index in [0.29, 0.717) is 16.9 Å². The second kappa shape index (κ2) is 3.47. The van der Waals surface area contributed by atoms with E-state index < -0.39 is 0 Å². The molecule has 70 valence electrons. The molecule has 3 heteroatoms. The van der Waals surface area contributed by atoms with Crippen LogP contribution in [0.5, 0.6) is 11.5 Å². The molecule has 3 nitrogen and oxygen atoms in total. The van der Waals surface area contributed by atoms with Gasteiger partial charge in [-0.25, -0.2) is 0 Å². The lowest BCUT2D eigenvalue weighted by Crippen LogP contribution is -1.94. The summed E-state index contributed by atoms with van der Waals surface area (Å²) in [5.41, 5.74) is 1.81. The van der Waals surface area contributed by atoms with Crippen molar-refractivity contribution in [3.8, 4) is 11.5 Å². The van der Waals surface area contributed by atoms with Gasteiger partial charge >= 0.3 is 0 Å². The molecule has 0 aliphatic carbocycles. The fraction of sp³-hybridized carbons (Fsp3) is 0.300. The lowest BCUT2D eigenvalue weighted by molar-refractivity contribution is 0.112. The van der Waals surface area contributed by atoms with Crippen LogP contribution in [-0.2, 0) is 0 Å². The van der Waals surface area contributed by atoms with E-state index in [-0.39, 0.29) is 5.75 Å². The largest absolute Gasteiger partial charge is 0.504 e. The highest BCUT2D eigenvalue weighted by molar-refractivity contribution is 5.80. The minimum Gasteiger partial charge on any atom is -0.504 e. The summed E-state index contributed by atoms with van der Waals surface area (Å²) in [5, 5.41) is 9.61. The highest BCUT2D eigenvalue weighted by Crippen LogP contribution is 2.34. The minimum absolute atomic E-state index is 0.0459. The van der Waals surface area contributed by atoms with Gasteiger partial charge in [-0.2, -0.15) is 0 Å². The number of hydrogen-bond acceptors (Lipinski definition) is 3. The van der Waals surface area contributed by atoms with Crippen molar-refractivity contribution in [3.05, 3.63) is 22.8 Å². The molecule has 1 aromatic rings. The number of phenolic OH excluding ortho intramolecular Hbond substituents is 1. The number of aryl methyl sites for hydroxylation is 1. The third kappa shape index (κ3) is 1.49. The van der Waals surface area contributed by atoms with E-state index in [1.54, 1.807) is 19.9 Å². The molecule has 1 rings (SSSR count). The van der Waals surface area contributed by atoms with Crippen LogP contribution in [0.4, 0.5) is 0 Å². The highest BCUT2D eigenvalue weighted by Gasteiger charge is 2.11.